The Bertz CT molecular complexity index is 1200. The van der Waals surface area contributed by atoms with Gasteiger partial charge in [-0.05, 0) is 59.9 Å². The van der Waals surface area contributed by atoms with Crippen LogP contribution in [0.2, 0.25) is 0 Å². The van der Waals surface area contributed by atoms with Gasteiger partial charge < -0.3 is 15.4 Å². The van der Waals surface area contributed by atoms with E-state index in [-0.39, 0.29) is 12.1 Å². The number of halogens is 1. The van der Waals surface area contributed by atoms with Crippen LogP contribution in [0.3, 0.4) is 0 Å². The second-order valence-corrected chi connectivity index (χ2v) is 12.0. The zero-order valence-electron chi connectivity index (χ0n) is 19.9. The van der Waals surface area contributed by atoms with Gasteiger partial charge in [-0.2, -0.15) is 0 Å². The van der Waals surface area contributed by atoms with Crippen molar-refractivity contribution in [2.45, 2.75) is 59.2 Å². The van der Waals surface area contributed by atoms with Crippen molar-refractivity contribution in [3.8, 4) is 5.75 Å². The molecule has 178 valence electrons. The number of ether oxygens (including phenoxy) is 1. The van der Waals surface area contributed by atoms with Crippen molar-refractivity contribution >= 4 is 38.2 Å². The van der Waals surface area contributed by atoms with E-state index >= 15 is 0 Å². The number of benzene rings is 2. The van der Waals surface area contributed by atoms with Gasteiger partial charge in [-0.3, -0.25) is 4.79 Å². The smallest absolute Gasteiger partial charge is 0.256 e. The lowest BCUT2D eigenvalue weighted by Crippen LogP contribution is -2.38. The molecule has 5 rings (SSSR count). The summed E-state index contributed by atoms with van der Waals surface area (Å²) in [7, 11) is 0. The van der Waals surface area contributed by atoms with Crippen LogP contribution in [0.1, 0.15) is 71.7 Å². The van der Waals surface area contributed by atoms with E-state index in [1.165, 1.54) is 16.9 Å². The molecule has 4 nitrogen and oxygen atoms in total. The van der Waals surface area contributed by atoms with Crippen LogP contribution in [0.15, 0.2) is 53.0 Å². The van der Waals surface area contributed by atoms with Gasteiger partial charge in [0, 0.05) is 14.9 Å². The van der Waals surface area contributed by atoms with Gasteiger partial charge >= 0.3 is 0 Å². The highest BCUT2D eigenvalue weighted by atomic mass is 79.9. The molecule has 1 aliphatic heterocycles. The molecule has 2 aromatic carbocycles. The molecule has 0 saturated heterocycles. The van der Waals surface area contributed by atoms with E-state index in [0.29, 0.717) is 17.9 Å². The number of hydrogen-bond acceptors (Lipinski definition) is 4. The van der Waals surface area contributed by atoms with Crippen molar-refractivity contribution in [1.82, 2.24) is 5.32 Å². The molecule has 0 radical (unpaired) electrons. The second-order valence-electron chi connectivity index (χ2n) is 10.00. The van der Waals surface area contributed by atoms with Crippen molar-refractivity contribution in [3.05, 3.63) is 80.1 Å². The molecular formula is C28H31BrN2O2S. The highest BCUT2D eigenvalue weighted by Gasteiger charge is 2.37. The van der Waals surface area contributed by atoms with Gasteiger partial charge in [-0.15, -0.1) is 11.3 Å². The third kappa shape index (κ3) is 4.50. The Labute approximate surface area is 214 Å². The fourth-order valence-electron chi connectivity index (χ4n) is 5.02. The van der Waals surface area contributed by atoms with Gasteiger partial charge in [0.05, 0.1) is 5.56 Å². The Hall–Kier alpha value is -2.31. The maximum absolute atomic E-state index is 13.3. The number of anilines is 1. The van der Waals surface area contributed by atoms with Gasteiger partial charge in [0.15, 0.2) is 0 Å². The van der Waals surface area contributed by atoms with Gasteiger partial charge in [0.2, 0.25) is 0 Å². The zero-order chi connectivity index (χ0) is 23.9. The molecule has 6 heteroatoms. The summed E-state index contributed by atoms with van der Waals surface area (Å²) in [5.41, 5.74) is 4.45. The maximum atomic E-state index is 13.3. The van der Waals surface area contributed by atoms with Gasteiger partial charge in [-0.25, -0.2) is 0 Å². The average Bonchev–Trinajstić information content (AvgIpc) is 3.22. The maximum Gasteiger partial charge on any atom is 0.256 e. The second kappa shape index (κ2) is 9.38. The molecule has 2 heterocycles. The van der Waals surface area contributed by atoms with E-state index in [9.17, 15) is 4.79 Å². The third-order valence-electron chi connectivity index (χ3n) is 7.58. The molecular weight excluding hydrogens is 508 g/mol. The molecule has 1 aliphatic carbocycles. The molecule has 0 unspecified atom stereocenters. The number of thiophene rings is 1. The van der Waals surface area contributed by atoms with Crippen molar-refractivity contribution < 1.29 is 9.53 Å². The van der Waals surface area contributed by atoms with Crippen LogP contribution in [0.5, 0.6) is 5.75 Å². The highest BCUT2D eigenvalue weighted by molar-refractivity contribution is 9.10. The van der Waals surface area contributed by atoms with Gasteiger partial charge in [-0.1, -0.05) is 73.5 Å². The summed E-state index contributed by atoms with van der Waals surface area (Å²) in [6.07, 6.45) is 4.03. The lowest BCUT2D eigenvalue weighted by atomic mass is 9.69. The van der Waals surface area contributed by atoms with Crippen molar-refractivity contribution in [2.24, 2.45) is 11.3 Å². The van der Waals surface area contributed by atoms with Gasteiger partial charge in [0.25, 0.3) is 5.91 Å². The first kappa shape index (κ1) is 23.4. The standard InChI is InChI=1S/C28H31BrN2O2S/c1-4-28(2,3)18-10-12-20-23(14-18)34-27-24(20)26(32)30-25(31-27)21-15-19(29)11-13-22(21)33-16-17-8-6-5-7-9-17/h5-9,11,13,15,18,25,31H,4,10,12,14,16H2,1-3H3,(H,30,32)/t18-,25-/m0/s1. The molecule has 0 bridgehead atoms. The Morgan fingerprint density at radius 3 is 2.71 bits per heavy atom. The van der Waals surface area contributed by atoms with Gasteiger partial charge in [0.1, 0.15) is 23.5 Å². The fraction of sp³-hybridized carbons (Fsp3) is 0.393. The average molecular weight is 540 g/mol. The van der Waals surface area contributed by atoms with E-state index in [1.807, 2.05) is 36.4 Å². The topological polar surface area (TPSA) is 50.4 Å². The number of nitrogens with one attached hydrogen (secondary N) is 2. The summed E-state index contributed by atoms with van der Waals surface area (Å²) in [5, 5.41) is 7.81. The molecule has 3 aromatic rings. The van der Waals surface area contributed by atoms with Crippen LogP contribution in [0.4, 0.5) is 5.00 Å². The summed E-state index contributed by atoms with van der Waals surface area (Å²) in [4.78, 5) is 14.7. The predicted octanol–water partition coefficient (Wildman–Crippen LogP) is 7.48. The number of rotatable bonds is 6. The molecule has 2 aliphatic rings. The van der Waals surface area contributed by atoms with Crippen molar-refractivity contribution in [2.75, 3.05) is 5.32 Å². The number of carbonyl (C=O) groups is 1. The lowest BCUT2D eigenvalue weighted by molar-refractivity contribution is 0.0934. The molecule has 0 fully saturated rings. The Kier molecular flexibility index (Phi) is 6.47. The van der Waals surface area contributed by atoms with E-state index in [2.05, 4.69) is 59.5 Å². The number of fused-ring (bicyclic) bond motifs is 3. The predicted molar refractivity (Wildman–Crippen MR) is 143 cm³/mol. The number of hydrogen-bond donors (Lipinski definition) is 2. The fourth-order valence-corrected chi connectivity index (χ4v) is 6.75. The first-order valence-corrected chi connectivity index (χ1v) is 13.6. The first-order chi connectivity index (χ1) is 16.4. The molecule has 2 atom stereocenters. The summed E-state index contributed by atoms with van der Waals surface area (Å²) < 4.78 is 7.14. The van der Waals surface area contributed by atoms with Crippen LogP contribution in [-0.4, -0.2) is 5.91 Å². The van der Waals surface area contributed by atoms with Crippen LogP contribution >= 0.6 is 27.3 Å². The minimum absolute atomic E-state index is 0.0124. The summed E-state index contributed by atoms with van der Waals surface area (Å²) in [6.45, 7) is 7.51. The molecule has 0 saturated carbocycles. The van der Waals surface area contributed by atoms with Crippen LogP contribution < -0.4 is 15.4 Å². The Morgan fingerprint density at radius 2 is 1.94 bits per heavy atom. The van der Waals surface area contributed by atoms with Crippen molar-refractivity contribution in [3.63, 3.8) is 0 Å². The van der Waals surface area contributed by atoms with Crippen LogP contribution in [0, 0.1) is 11.3 Å². The molecule has 0 spiro atoms. The van der Waals surface area contributed by atoms with E-state index in [1.54, 1.807) is 11.3 Å². The summed E-state index contributed by atoms with van der Waals surface area (Å²) in [5.74, 6) is 1.44. The van der Waals surface area contributed by atoms with E-state index in [0.717, 1.165) is 51.2 Å². The van der Waals surface area contributed by atoms with E-state index < -0.39 is 0 Å². The largest absolute Gasteiger partial charge is 0.488 e. The van der Waals surface area contributed by atoms with Crippen LogP contribution in [-0.2, 0) is 19.4 Å². The van der Waals surface area contributed by atoms with E-state index in [4.69, 9.17) is 4.74 Å². The number of carbonyl (C=O) groups excluding carboxylic acids is 1. The first-order valence-electron chi connectivity index (χ1n) is 12.0. The quantitative estimate of drug-likeness (QED) is 0.341. The Morgan fingerprint density at radius 1 is 1.15 bits per heavy atom. The molecule has 34 heavy (non-hydrogen) atoms. The minimum atomic E-state index is -0.341. The van der Waals surface area contributed by atoms with Crippen LogP contribution in [0.25, 0.3) is 0 Å². The number of amides is 1. The molecule has 2 N–H and O–H groups in total. The molecule has 1 aromatic heterocycles. The SMILES string of the molecule is CCC(C)(C)[C@H]1CCc2c(sc3c2C(=O)N[C@H](c2cc(Br)ccc2OCc2ccccc2)N3)C1. The van der Waals surface area contributed by atoms with Crippen molar-refractivity contribution in [1.29, 1.82) is 0 Å². The summed E-state index contributed by atoms with van der Waals surface area (Å²) in [6, 6.07) is 16.1. The Balaban J connectivity index is 1.41. The third-order valence-corrected chi connectivity index (χ3v) is 9.26. The molecule has 1 amide bonds. The minimum Gasteiger partial charge on any atom is -0.488 e. The highest BCUT2D eigenvalue weighted by Crippen LogP contribution is 2.47. The normalized spacial score (nSPS) is 19.6. The lowest BCUT2D eigenvalue weighted by Gasteiger charge is -2.36. The zero-order valence-corrected chi connectivity index (χ0v) is 22.3. The summed E-state index contributed by atoms with van der Waals surface area (Å²) >= 11 is 5.36. The monoisotopic (exact) mass is 538 g/mol.